The van der Waals surface area contributed by atoms with Gasteiger partial charge in [0.25, 0.3) is 0 Å². The Hall–Kier alpha value is -1.46. The summed E-state index contributed by atoms with van der Waals surface area (Å²) in [6, 6.07) is 4.11. The first kappa shape index (κ1) is 17.9. The minimum Gasteiger partial charge on any atom is -0.389 e. The molecule has 1 aromatic heterocycles. The zero-order chi connectivity index (χ0) is 18.0. The Morgan fingerprint density at radius 2 is 1.85 bits per heavy atom. The number of hydrogen-bond donors (Lipinski definition) is 1. The average molecular weight is 357 g/mol. The highest BCUT2D eigenvalue weighted by atomic mass is 16.3. The van der Waals surface area contributed by atoms with Crippen molar-refractivity contribution in [2.24, 2.45) is 11.8 Å². The molecule has 5 nitrogen and oxygen atoms in total. The Morgan fingerprint density at radius 1 is 1.12 bits per heavy atom. The molecular formula is C21H31N3O2. The zero-order valence-electron chi connectivity index (χ0n) is 15.6. The van der Waals surface area contributed by atoms with Gasteiger partial charge in [-0.05, 0) is 43.4 Å². The number of nitrogens with zero attached hydrogens (tertiary/aromatic N) is 3. The van der Waals surface area contributed by atoms with E-state index < -0.39 is 5.60 Å². The van der Waals surface area contributed by atoms with E-state index in [1.807, 2.05) is 12.4 Å². The maximum absolute atomic E-state index is 12.9. The summed E-state index contributed by atoms with van der Waals surface area (Å²) >= 11 is 0. The van der Waals surface area contributed by atoms with E-state index in [1.54, 1.807) is 0 Å². The summed E-state index contributed by atoms with van der Waals surface area (Å²) in [4.78, 5) is 21.5. The van der Waals surface area contributed by atoms with Crippen molar-refractivity contribution >= 4 is 5.91 Å². The maximum atomic E-state index is 12.9. The molecule has 2 aliphatic heterocycles. The molecule has 0 radical (unpaired) electrons. The lowest BCUT2D eigenvalue weighted by atomic mass is 9.75. The van der Waals surface area contributed by atoms with Gasteiger partial charge in [0.1, 0.15) is 0 Å². The van der Waals surface area contributed by atoms with Crippen LogP contribution in [0.4, 0.5) is 0 Å². The minimum absolute atomic E-state index is 0.166. The number of rotatable bonds is 3. The highest BCUT2D eigenvalue weighted by Gasteiger charge is 2.46. The van der Waals surface area contributed by atoms with Crippen molar-refractivity contribution in [3.63, 3.8) is 0 Å². The molecule has 0 bridgehead atoms. The topological polar surface area (TPSA) is 56.7 Å². The van der Waals surface area contributed by atoms with Gasteiger partial charge in [-0.15, -0.1) is 0 Å². The Morgan fingerprint density at radius 3 is 2.62 bits per heavy atom. The van der Waals surface area contributed by atoms with Crippen LogP contribution in [0.2, 0.25) is 0 Å². The molecule has 3 aliphatic rings. The third kappa shape index (κ3) is 3.79. The number of fused-ring (bicyclic) bond motifs is 1. The smallest absolute Gasteiger partial charge is 0.225 e. The normalized spacial score (nSPS) is 30.8. The largest absolute Gasteiger partial charge is 0.389 e. The fourth-order valence-electron chi connectivity index (χ4n) is 5.07. The van der Waals surface area contributed by atoms with E-state index in [0.717, 1.165) is 58.4 Å². The van der Waals surface area contributed by atoms with Crippen LogP contribution in [-0.2, 0) is 11.3 Å². The van der Waals surface area contributed by atoms with Crippen LogP contribution in [-0.4, -0.2) is 57.6 Å². The van der Waals surface area contributed by atoms with Crippen molar-refractivity contribution in [2.45, 2.75) is 57.1 Å². The molecule has 0 aromatic carbocycles. The SMILES string of the molecule is O=C(C1CCCCC1)N1CC[C@@]2(O)CCN(Cc3ccncc3)C[C@H]2C1. The van der Waals surface area contributed by atoms with Gasteiger partial charge in [-0.2, -0.15) is 0 Å². The van der Waals surface area contributed by atoms with E-state index in [9.17, 15) is 9.90 Å². The molecular weight excluding hydrogens is 326 g/mol. The molecule has 3 heterocycles. The molecule has 1 amide bonds. The van der Waals surface area contributed by atoms with Crippen LogP contribution in [0.5, 0.6) is 0 Å². The Kier molecular flexibility index (Phi) is 5.28. The van der Waals surface area contributed by atoms with Crippen molar-refractivity contribution in [3.8, 4) is 0 Å². The summed E-state index contributed by atoms with van der Waals surface area (Å²) < 4.78 is 0. The van der Waals surface area contributed by atoms with Crippen LogP contribution in [0.15, 0.2) is 24.5 Å². The van der Waals surface area contributed by atoms with Crippen molar-refractivity contribution in [1.82, 2.24) is 14.8 Å². The second-order valence-electron chi connectivity index (χ2n) is 8.51. The number of likely N-dealkylation sites (tertiary alicyclic amines) is 2. The van der Waals surface area contributed by atoms with E-state index in [-0.39, 0.29) is 11.8 Å². The van der Waals surface area contributed by atoms with E-state index in [4.69, 9.17) is 0 Å². The van der Waals surface area contributed by atoms with Gasteiger partial charge in [-0.3, -0.25) is 14.7 Å². The van der Waals surface area contributed by atoms with Gasteiger partial charge < -0.3 is 10.0 Å². The lowest BCUT2D eigenvalue weighted by Gasteiger charge is -2.50. The Balaban J connectivity index is 1.39. The van der Waals surface area contributed by atoms with Crippen molar-refractivity contribution in [1.29, 1.82) is 0 Å². The molecule has 26 heavy (non-hydrogen) atoms. The van der Waals surface area contributed by atoms with E-state index in [0.29, 0.717) is 5.91 Å². The molecule has 142 valence electrons. The highest BCUT2D eigenvalue weighted by molar-refractivity contribution is 5.79. The van der Waals surface area contributed by atoms with Crippen LogP contribution < -0.4 is 0 Å². The summed E-state index contributed by atoms with van der Waals surface area (Å²) in [5.41, 5.74) is 0.675. The first-order valence-electron chi connectivity index (χ1n) is 10.3. The first-order valence-corrected chi connectivity index (χ1v) is 10.3. The first-order chi connectivity index (χ1) is 12.6. The maximum Gasteiger partial charge on any atom is 0.225 e. The number of hydrogen-bond acceptors (Lipinski definition) is 4. The highest BCUT2D eigenvalue weighted by Crippen LogP contribution is 2.37. The molecule has 1 N–H and O–H groups in total. The number of pyridine rings is 1. The third-order valence-electron chi connectivity index (χ3n) is 6.78. The second kappa shape index (κ2) is 7.65. The van der Waals surface area contributed by atoms with Gasteiger partial charge >= 0.3 is 0 Å². The van der Waals surface area contributed by atoms with Crippen LogP contribution in [0.25, 0.3) is 0 Å². The summed E-state index contributed by atoms with van der Waals surface area (Å²) in [7, 11) is 0. The Labute approximate surface area is 156 Å². The summed E-state index contributed by atoms with van der Waals surface area (Å²) in [5, 5.41) is 11.1. The fraction of sp³-hybridized carbons (Fsp3) is 0.714. The fourth-order valence-corrected chi connectivity index (χ4v) is 5.07. The molecule has 4 rings (SSSR count). The quantitative estimate of drug-likeness (QED) is 0.903. The minimum atomic E-state index is -0.585. The number of amides is 1. The van der Waals surface area contributed by atoms with Crippen molar-refractivity contribution in [2.75, 3.05) is 26.2 Å². The lowest BCUT2D eigenvalue weighted by Crippen LogP contribution is -2.61. The van der Waals surface area contributed by atoms with Crippen LogP contribution in [0.1, 0.15) is 50.5 Å². The lowest BCUT2D eigenvalue weighted by molar-refractivity contribution is -0.151. The summed E-state index contributed by atoms with van der Waals surface area (Å²) in [5.74, 6) is 0.740. The summed E-state index contributed by atoms with van der Waals surface area (Å²) in [6.45, 7) is 4.14. The van der Waals surface area contributed by atoms with Crippen LogP contribution in [0, 0.1) is 11.8 Å². The Bertz CT molecular complexity index is 617. The van der Waals surface area contributed by atoms with E-state index in [2.05, 4.69) is 26.9 Å². The molecule has 3 fully saturated rings. The van der Waals surface area contributed by atoms with Gasteiger partial charge in [0.05, 0.1) is 5.60 Å². The number of piperidine rings is 2. The average Bonchev–Trinajstić information content (AvgIpc) is 2.69. The number of aromatic nitrogens is 1. The molecule has 0 spiro atoms. The van der Waals surface area contributed by atoms with Crippen LogP contribution >= 0.6 is 0 Å². The van der Waals surface area contributed by atoms with Gasteiger partial charge in [0, 0.05) is 57.0 Å². The molecule has 5 heteroatoms. The van der Waals surface area contributed by atoms with Gasteiger partial charge in [-0.25, -0.2) is 0 Å². The van der Waals surface area contributed by atoms with Gasteiger partial charge in [-0.1, -0.05) is 19.3 Å². The number of carbonyl (C=O) groups excluding carboxylic acids is 1. The number of carbonyl (C=O) groups is 1. The molecule has 2 saturated heterocycles. The summed E-state index contributed by atoms with van der Waals surface area (Å²) in [6.07, 6.45) is 11.0. The zero-order valence-corrected chi connectivity index (χ0v) is 15.6. The molecule has 1 saturated carbocycles. The predicted octanol–water partition coefficient (Wildman–Crippen LogP) is 2.45. The van der Waals surface area contributed by atoms with Crippen LogP contribution in [0.3, 0.4) is 0 Å². The molecule has 1 aromatic rings. The van der Waals surface area contributed by atoms with E-state index >= 15 is 0 Å². The third-order valence-corrected chi connectivity index (χ3v) is 6.78. The molecule has 2 atom stereocenters. The monoisotopic (exact) mass is 357 g/mol. The van der Waals surface area contributed by atoms with E-state index in [1.165, 1.54) is 24.8 Å². The molecule has 1 aliphatic carbocycles. The second-order valence-corrected chi connectivity index (χ2v) is 8.51. The standard InChI is InChI=1S/C21H31N3O2/c25-20(18-4-2-1-3-5-18)24-13-9-21(26)8-12-23(15-19(21)16-24)14-17-6-10-22-11-7-17/h6-7,10-11,18-19,26H,1-5,8-9,12-16H2/t19-,21-/m0/s1. The molecule has 0 unspecified atom stereocenters. The van der Waals surface area contributed by atoms with Crippen molar-refractivity contribution < 1.29 is 9.90 Å². The number of aliphatic hydroxyl groups is 1. The van der Waals surface area contributed by atoms with Gasteiger partial charge in [0.2, 0.25) is 5.91 Å². The predicted molar refractivity (Wildman–Crippen MR) is 100 cm³/mol. The van der Waals surface area contributed by atoms with Crippen molar-refractivity contribution in [3.05, 3.63) is 30.1 Å². The van der Waals surface area contributed by atoms with Gasteiger partial charge in [0.15, 0.2) is 0 Å².